The Bertz CT molecular complexity index is 775. The van der Waals surface area contributed by atoms with E-state index in [0.29, 0.717) is 5.46 Å². The maximum atomic E-state index is 9.52. The second-order valence-electron chi connectivity index (χ2n) is 5.42. The number of para-hydroxylation sites is 1. The summed E-state index contributed by atoms with van der Waals surface area (Å²) in [5.41, 5.74) is 2.85. The fraction of sp³-hybridized carbons (Fsp3) is 0.158. The van der Waals surface area contributed by atoms with Crippen LogP contribution in [0.4, 0.5) is 5.69 Å². The van der Waals surface area contributed by atoms with Gasteiger partial charge < -0.3 is 14.9 Å². The van der Waals surface area contributed by atoms with Crippen LogP contribution < -0.4 is 10.4 Å². The molecule has 0 aliphatic heterocycles. The third kappa shape index (κ3) is 3.55. The summed E-state index contributed by atoms with van der Waals surface area (Å²) in [5.74, 6) is 0. The summed E-state index contributed by atoms with van der Waals surface area (Å²) in [5, 5.41) is 21.0. The van der Waals surface area contributed by atoms with Crippen LogP contribution in [-0.4, -0.2) is 24.2 Å². The summed E-state index contributed by atoms with van der Waals surface area (Å²) in [6.45, 7) is 0.756. The van der Waals surface area contributed by atoms with E-state index < -0.39 is 7.12 Å². The van der Waals surface area contributed by atoms with Crippen molar-refractivity contribution in [2.24, 2.45) is 0 Å². The van der Waals surface area contributed by atoms with E-state index in [2.05, 4.69) is 24.1 Å². The lowest BCUT2D eigenvalue weighted by molar-refractivity contribution is 0.426. The second kappa shape index (κ2) is 7.31. The SMILES string of the molecule is C.CN(Cc1ccc(B(O)O)c2ccccc12)c1ccccc1. The molecule has 2 N–H and O–H groups in total. The molecule has 3 rings (SSSR count). The average Bonchev–Trinajstić information content (AvgIpc) is 2.55. The van der Waals surface area contributed by atoms with Crippen LogP contribution in [0.25, 0.3) is 10.8 Å². The number of hydrogen-bond acceptors (Lipinski definition) is 3. The van der Waals surface area contributed by atoms with Gasteiger partial charge in [-0.05, 0) is 33.9 Å². The molecule has 0 heterocycles. The number of benzene rings is 3. The number of hydrogen-bond donors (Lipinski definition) is 2. The normalized spacial score (nSPS) is 10.2. The summed E-state index contributed by atoms with van der Waals surface area (Å²) in [4.78, 5) is 2.18. The van der Waals surface area contributed by atoms with E-state index in [1.807, 2.05) is 48.5 Å². The molecule has 0 amide bonds. The molecule has 0 saturated carbocycles. The topological polar surface area (TPSA) is 43.7 Å². The van der Waals surface area contributed by atoms with Gasteiger partial charge in [0.1, 0.15) is 0 Å². The molecular formula is C19H22BNO2. The summed E-state index contributed by atoms with van der Waals surface area (Å²) in [6, 6.07) is 21.8. The van der Waals surface area contributed by atoms with Gasteiger partial charge in [-0.1, -0.05) is 62.0 Å². The van der Waals surface area contributed by atoms with Crippen molar-refractivity contribution in [1.82, 2.24) is 0 Å². The van der Waals surface area contributed by atoms with E-state index >= 15 is 0 Å². The molecular weight excluding hydrogens is 285 g/mol. The molecule has 3 aromatic rings. The molecule has 0 aliphatic rings. The van der Waals surface area contributed by atoms with Crippen molar-refractivity contribution in [2.75, 3.05) is 11.9 Å². The predicted molar refractivity (Wildman–Crippen MR) is 99.1 cm³/mol. The van der Waals surface area contributed by atoms with Gasteiger partial charge in [-0.15, -0.1) is 0 Å². The van der Waals surface area contributed by atoms with Crippen LogP contribution in [0.5, 0.6) is 0 Å². The standard InChI is InChI=1S/C18H18BNO2.CH4/c1-20(15-7-3-2-4-8-15)13-14-11-12-18(19(21)22)17-10-6-5-9-16(14)17;/h2-12,21-22H,13H2,1H3;1H4. The monoisotopic (exact) mass is 307 g/mol. The Labute approximate surface area is 138 Å². The van der Waals surface area contributed by atoms with Crippen molar-refractivity contribution in [3.63, 3.8) is 0 Å². The van der Waals surface area contributed by atoms with E-state index in [4.69, 9.17) is 0 Å². The van der Waals surface area contributed by atoms with Crippen molar-refractivity contribution >= 4 is 29.0 Å². The molecule has 0 spiro atoms. The van der Waals surface area contributed by atoms with Crippen LogP contribution >= 0.6 is 0 Å². The van der Waals surface area contributed by atoms with E-state index in [1.165, 1.54) is 0 Å². The minimum atomic E-state index is -1.45. The molecule has 0 saturated heterocycles. The zero-order chi connectivity index (χ0) is 15.5. The lowest BCUT2D eigenvalue weighted by atomic mass is 9.76. The molecule has 0 aromatic heterocycles. The third-order valence-electron chi connectivity index (χ3n) is 3.93. The molecule has 0 bridgehead atoms. The van der Waals surface area contributed by atoms with Crippen molar-refractivity contribution in [3.05, 3.63) is 72.3 Å². The van der Waals surface area contributed by atoms with Crippen molar-refractivity contribution in [2.45, 2.75) is 14.0 Å². The lowest BCUT2D eigenvalue weighted by Crippen LogP contribution is -2.30. The Morgan fingerprint density at radius 1 is 0.826 bits per heavy atom. The molecule has 0 unspecified atom stereocenters. The number of anilines is 1. The molecule has 0 aliphatic carbocycles. The summed E-state index contributed by atoms with van der Waals surface area (Å²) < 4.78 is 0. The van der Waals surface area contributed by atoms with Gasteiger partial charge in [0.05, 0.1) is 0 Å². The third-order valence-corrected chi connectivity index (χ3v) is 3.93. The fourth-order valence-electron chi connectivity index (χ4n) is 2.78. The summed E-state index contributed by atoms with van der Waals surface area (Å²) >= 11 is 0. The first-order valence-electron chi connectivity index (χ1n) is 7.29. The molecule has 0 atom stereocenters. The Kier molecular flexibility index (Phi) is 5.43. The van der Waals surface area contributed by atoms with Gasteiger partial charge in [0.2, 0.25) is 0 Å². The largest absolute Gasteiger partial charge is 0.489 e. The number of rotatable bonds is 4. The smallest absolute Gasteiger partial charge is 0.423 e. The summed E-state index contributed by atoms with van der Waals surface area (Å²) in [7, 11) is 0.602. The Morgan fingerprint density at radius 3 is 2.09 bits per heavy atom. The number of nitrogens with zero attached hydrogens (tertiary/aromatic N) is 1. The quantitative estimate of drug-likeness (QED) is 0.729. The van der Waals surface area contributed by atoms with Crippen molar-refractivity contribution in [1.29, 1.82) is 0 Å². The molecule has 4 heteroatoms. The van der Waals surface area contributed by atoms with Crippen LogP contribution in [0.3, 0.4) is 0 Å². The highest BCUT2D eigenvalue weighted by atomic mass is 16.4. The fourth-order valence-corrected chi connectivity index (χ4v) is 2.78. The van der Waals surface area contributed by atoms with Gasteiger partial charge in [0.25, 0.3) is 0 Å². The zero-order valence-corrected chi connectivity index (χ0v) is 12.5. The minimum absolute atomic E-state index is 0. The average molecular weight is 307 g/mol. The molecule has 118 valence electrons. The van der Waals surface area contributed by atoms with E-state index in [1.54, 1.807) is 6.07 Å². The molecule has 23 heavy (non-hydrogen) atoms. The Morgan fingerprint density at radius 2 is 1.43 bits per heavy atom. The van der Waals surface area contributed by atoms with Gasteiger partial charge in [0.15, 0.2) is 0 Å². The second-order valence-corrected chi connectivity index (χ2v) is 5.42. The highest BCUT2D eigenvalue weighted by Gasteiger charge is 2.16. The zero-order valence-electron chi connectivity index (χ0n) is 12.5. The first-order chi connectivity index (χ1) is 10.7. The first kappa shape index (κ1) is 17.1. The van der Waals surface area contributed by atoms with Gasteiger partial charge in [-0.3, -0.25) is 0 Å². The van der Waals surface area contributed by atoms with Gasteiger partial charge in [-0.2, -0.15) is 0 Å². The minimum Gasteiger partial charge on any atom is -0.423 e. The van der Waals surface area contributed by atoms with Crippen LogP contribution in [-0.2, 0) is 6.54 Å². The van der Waals surface area contributed by atoms with Crippen molar-refractivity contribution in [3.8, 4) is 0 Å². The Hall–Kier alpha value is -2.30. The maximum absolute atomic E-state index is 9.52. The van der Waals surface area contributed by atoms with E-state index in [-0.39, 0.29) is 7.43 Å². The van der Waals surface area contributed by atoms with Gasteiger partial charge >= 0.3 is 7.12 Å². The van der Waals surface area contributed by atoms with Crippen LogP contribution in [0.15, 0.2) is 66.7 Å². The first-order valence-corrected chi connectivity index (χ1v) is 7.29. The van der Waals surface area contributed by atoms with Crippen LogP contribution in [0.1, 0.15) is 13.0 Å². The summed E-state index contributed by atoms with van der Waals surface area (Å²) in [6.07, 6.45) is 0. The maximum Gasteiger partial charge on any atom is 0.489 e. The predicted octanol–water partition coefficient (Wildman–Crippen LogP) is 2.79. The molecule has 3 aromatic carbocycles. The highest BCUT2D eigenvalue weighted by molar-refractivity contribution is 6.62. The lowest BCUT2D eigenvalue weighted by Gasteiger charge is -2.21. The molecule has 0 fully saturated rings. The highest BCUT2D eigenvalue weighted by Crippen LogP contribution is 2.21. The van der Waals surface area contributed by atoms with E-state index in [0.717, 1.165) is 28.6 Å². The Balaban J connectivity index is 0.00000192. The number of fused-ring (bicyclic) bond motifs is 1. The van der Waals surface area contributed by atoms with E-state index in [9.17, 15) is 10.0 Å². The van der Waals surface area contributed by atoms with Gasteiger partial charge in [0, 0.05) is 19.3 Å². The van der Waals surface area contributed by atoms with Crippen LogP contribution in [0, 0.1) is 0 Å². The molecule has 0 radical (unpaired) electrons. The van der Waals surface area contributed by atoms with Crippen molar-refractivity contribution < 1.29 is 10.0 Å². The van der Waals surface area contributed by atoms with Gasteiger partial charge in [-0.25, -0.2) is 0 Å². The molecule has 3 nitrogen and oxygen atoms in total. The van der Waals surface area contributed by atoms with Crippen LogP contribution in [0.2, 0.25) is 0 Å².